The molecule has 0 unspecified atom stereocenters. The van der Waals surface area contributed by atoms with Crippen molar-refractivity contribution in [3.63, 3.8) is 0 Å². The van der Waals surface area contributed by atoms with Gasteiger partial charge in [0.05, 0.1) is 0 Å². The Balaban J connectivity index is 6.54. The lowest BCUT2D eigenvalue weighted by molar-refractivity contribution is -0.453. The summed E-state index contributed by atoms with van der Waals surface area (Å²) in [6, 6.07) is 0. The molecule has 188 valence electrons. The lowest BCUT2D eigenvalue weighted by Crippen LogP contribution is -2.74. The van der Waals surface area contributed by atoms with Gasteiger partial charge in [0, 0.05) is 12.8 Å². The second-order valence-electron chi connectivity index (χ2n) is 6.67. The lowest BCUT2D eigenvalue weighted by atomic mass is 9.86. The number of halogens is 16. The average Bonchev–Trinajstić information content (AvgIpc) is 2.60. The first kappa shape index (κ1) is 29.9. The van der Waals surface area contributed by atoms with Crippen LogP contribution >= 0.6 is 0 Å². The van der Waals surface area contributed by atoms with Crippen molar-refractivity contribution in [1.82, 2.24) is 0 Å². The molecule has 16 heteroatoms. The van der Waals surface area contributed by atoms with Gasteiger partial charge in [-0.1, -0.05) is 26.7 Å². The van der Waals surface area contributed by atoms with Gasteiger partial charge in [0.2, 0.25) is 0 Å². The minimum absolute atomic E-state index is 0.000113. The largest absolute Gasteiger partial charge is 0.384 e. The summed E-state index contributed by atoms with van der Waals surface area (Å²) < 4.78 is 214. The van der Waals surface area contributed by atoms with Crippen LogP contribution in [0.25, 0.3) is 0 Å². The van der Waals surface area contributed by atoms with Crippen molar-refractivity contribution in [3.8, 4) is 0 Å². The maximum atomic E-state index is 13.6. The SMILES string of the molecule is CCCCCC(F)(F)C(F)(F)C(F)(F)C(F)(F)C(F)(F)C(F)(F)C(F)(F)C(F)(F)CC. The third-order valence-corrected chi connectivity index (χ3v) is 4.43. The van der Waals surface area contributed by atoms with E-state index < -0.39 is 66.6 Å². The van der Waals surface area contributed by atoms with E-state index >= 15 is 0 Å². The first-order chi connectivity index (χ1) is 13.4. The number of unbranched alkanes of at least 4 members (excludes halogenated alkanes) is 2. The molecule has 31 heavy (non-hydrogen) atoms. The van der Waals surface area contributed by atoms with Gasteiger partial charge in [-0.05, 0) is 6.42 Å². The summed E-state index contributed by atoms with van der Waals surface area (Å²) in [5, 5.41) is 0. The Morgan fingerprint density at radius 1 is 0.387 bits per heavy atom. The minimum atomic E-state index is -8.32. The van der Waals surface area contributed by atoms with Crippen LogP contribution in [0.3, 0.4) is 0 Å². The topological polar surface area (TPSA) is 0 Å². The Bertz CT molecular complexity index is 606. The van der Waals surface area contributed by atoms with Crippen LogP contribution in [-0.2, 0) is 0 Å². The first-order valence-electron chi connectivity index (χ1n) is 8.40. The fourth-order valence-electron chi connectivity index (χ4n) is 2.22. The summed E-state index contributed by atoms with van der Waals surface area (Å²) in [5.41, 5.74) is 0. The van der Waals surface area contributed by atoms with Gasteiger partial charge in [-0.2, -0.15) is 70.2 Å². The Labute approximate surface area is 164 Å². The van der Waals surface area contributed by atoms with Crippen LogP contribution in [0.2, 0.25) is 0 Å². The zero-order valence-electron chi connectivity index (χ0n) is 15.6. The molecule has 0 heterocycles. The van der Waals surface area contributed by atoms with Crippen LogP contribution in [0.15, 0.2) is 0 Å². The maximum absolute atomic E-state index is 13.6. The van der Waals surface area contributed by atoms with Gasteiger partial charge in [-0.3, -0.25) is 0 Å². The molecule has 0 N–H and O–H groups in total. The lowest BCUT2D eigenvalue weighted by Gasteiger charge is -2.43. The third kappa shape index (κ3) is 4.15. The van der Waals surface area contributed by atoms with Gasteiger partial charge in [0.15, 0.2) is 0 Å². The summed E-state index contributed by atoms with van der Waals surface area (Å²) in [5.74, 6) is -60.1. The van der Waals surface area contributed by atoms with E-state index in [1.165, 1.54) is 6.92 Å². The van der Waals surface area contributed by atoms with Crippen molar-refractivity contribution in [3.05, 3.63) is 0 Å². The van der Waals surface area contributed by atoms with Crippen LogP contribution in [0.1, 0.15) is 46.0 Å². The van der Waals surface area contributed by atoms with E-state index in [-0.39, 0.29) is 19.8 Å². The van der Waals surface area contributed by atoms with Crippen LogP contribution in [0.4, 0.5) is 70.2 Å². The fraction of sp³-hybridized carbons (Fsp3) is 1.00. The molecule has 0 aromatic rings. The standard InChI is InChI=1S/C15H16F16/c1-3-5-6-7-9(18,19)11(22,23)13(26,27)15(30,31)14(28,29)12(24,25)10(20,21)8(16,17)4-2/h3-7H2,1-2H3. The predicted octanol–water partition coefficient (Wildman–Crippen LogP) is 8.06. The molecule has 0 radical (unpaired) electrons. The molecule has 0 aliphatic heterocycles. The number of hydrogen-bond donors (Lipinski definition) is 0. The molecule has 0 aliphatic rings. The quantitative estimate of drug-likeness (QED) is 0.188. The van der Waals surface area contributed by atoms with Gasteiger partial charge in [-0.15, -0.1) is 0 Å². The normalized spacial score (nSPS) is 16.1. The van der Waals surface area contributed by atoms with Crippen molar-refractivity contribution in [2.24, 2.45) is 0 Å². The van der Waals surface area contributed by atoms with E-state index in [1.807, 2.05) is 0 Å². The highest BCUT2D eigenvalue weighted by Gasteiger charge is 2.94. The van der Waals surface area contributed by atoms with Gasteiger partial charge >= 0.3 is 47.4 Å². The van der Waals surface area contributed by atoms with Crippen LogP contribution in [0.5, 0.6) is 0 Å². The zero-order chi connectivity index (χ0) is 25.5. The monoisotopic (exact) mass is 500 g/mol. The minimum Gasteiger partial charge on any atom is -0.200 e. The highest BCUT2D eigenvalue weighted by atomic mass is 19.4. The van der Waals surface area contributed by atoms with E-state index in [2.05, 4.69) is 0 Å². The Kier molecular flexibility index (Phi) is 8.04. The van der Waals surface area contributed by atoms with E-state index in [1.54, 1.807) is 0 Å². The van der Waals surface area contributed by atoms with E-state index in [9.17, 15) is 70.2 Å². The van der Waals surface area contributed by atoms with E-state index in [0.717, 1.165) is 0 Å². The zero-order valence-corrected chi connectivity index (χ0v) is 15.6. The molecule has 0 aromatic carbocycles. The highest BCUT2D eigenvalue weighted by molar-refractivity contribution is 5.15. The second kappa shape index (κ2) is 8.34. The fourth-order valence-corrected chi connectivity index (χ4v) is 2.22. The predicted molar refractivity (Wildman–Crippen MR) is 74.0 cm³/mol. The van der Waals surface area contributed by atoms with Crippen molar-refractivity contribution in [2.75, 3.05) is 0 Å². The average molecular weight is 500 g/mol. The first-order valence-corrected chi connectivity index (χ1v) is 8.40. The number of hydrogen-bond acceptors (Lipinski definition) is 0. The molecule has 0 spiro atoms. The van der Waals surface area contributed by atoms with Gasteiger partial charge < -0.3 is 0 Å². The summed E-state index contributed by atoms with van der Waals surface area (Å²) in [6.45, 7) is 1.30. The van der Waals surface area contributed by atoms with Crippen molar-refractivity contribution in [1.29, 1.82) is 0 Å². The molecule has 0 fully saturated rings. The number of rotatable bonds is 12. The van der Waals surface area contributed by atoms with E-state index in [0.29, 0.717) is 0 Å². The third-order valence-electron chi connectivity index (χ3n) is 4.43. The summed E-state index contributed by atoms with van der Waals surface area (Å²) in [7, 11) is 0. The summed E-state index contributed by atoms with van der Waals surface area (Å²) >= 11 is 0. The molecular formula is C15H16F16. The van der Waals surface area contributed by atoms with Gasteiger partial charge in [0.25, 0.3) is 0 Å². The van der Waals surface area contributed by atoms with Crippen LogP contribution in [-0.4, -0.2) is 47.4 Å². The van der Waals surface area contributed by atoms with Gasteiger partial charge in [0.1, 0.15) is 0 Å². The molecular weight excluding hydrogens is 484 g/mol. The summed E-state index contributed by atoms with van der Waals surface area (Å²) in [6.07, 6.45) is -6.03. The smallest absolute Gasteiger partial charge is 0.200 e. The molecule has 0 aliphatic carbocycles. The van der Waals surface area contributed by atoms with Crippen molar-refractivity contribution < 1.29 is 70.2 Å². The van der Waals surface area contributed by atoms with E-state index in [4.69, 9.17) is 0 Å². The molecule has 0 atom stereocenters. The molecule has 0 rings (SSSR count). The summed E-state index contributed by atoms with van der Waals surface area (Å²) in [4.78, 5) is 0. The Morgan fingerprint density at radius 3 is 0.968 bits per heavy atom. The van der Waals surface area contributed by atoms with Crippen LogP contribution in [0, 0.1) is 0 Å². The van der Waals surface area contributed by atoms with Crippen molar-refractivity contribution in [2.45, 2.75) is 93.3 Å². The molecule has 0 saturated carbocycles. The van der Waals surface area contributed by atoms with Gasteiger partial charge in [-0.25, -0.2) is 0 Å². The van der Waals surface area contributed by atoms with Crippen LogP contribution < -0.4 is 0 Å². The molecule has 0 nitrogen and oxygen atoms in total. The molecule has 0 aromatic heterocycles. The molecule has 0 bridgehead atoms. The maximum Gasteiger partial charge on any atom is 0.384 e. The number of alkyl halides is 16. The molecule has 0 saturated heterocycles. The highest BCUT2D eigenvalue weighted by Crippen LogP contribution is 2.64. The molecule has 0 amide bonds. The Hall–Kier alpha value is -1.12. The Morgan fingerprint density at radius 2 is 0.677 bits per heavy atom. The second-order valence-corrected chi connectivity index (χ2v) is 6.67. The van der Waals surface area contributed by atoms with Crippen molar-refractivity contribution >= 4 is 0 Å².